The van der Waals surface area contributed by atoms with Crippen molar-refractivity contribution in [2.45, 2.75) is 44.9 Å². The van der Waals surface area contributed by atoms with Gasteiger partial charge in [0, 0.05) is 23.3 Å². The number of fused-ring (bicyclic) bond motifs is 1. The Bertz CT molecular complexity index is 317. The van der Waals surface area contributed by atoms with E-state index in [0.717, 1.165) is 6.54 Å². The Hall–Kier alpha value is -0.410. The van der Waals surface area contributed by atoms with E-state index in [1.807, 2.05) is 11.3 Å². The van der Waals surface area contributed by atoms with Crippen molar-refractivity contribution in [1.29, 1.82) is 0 Å². The third-order valence-electron chi connectivity index (χ3n) is 2.87. The predicted octanol–water partition coefficient (Wildman–Crippen LogP) is 2.65. The highest BCUT2D eigenvalue weighted by molar-refractivity contribution is 7.11. The molecule has 3 heteroatoms. The first kappa shape index (κ1) is 10.1. The van der Waals surface area contributed by atoms with Crippen molar-refractivity contribution in [1.82, 2.24) is 4.98 Å². The zero-order valence-electron chi connectivity index (χ0n) is 8.92. The number of thiazole rings is 1. The fourth-order valence-corrected chi connectivity index (χ4v) is 3.20. The molecule has 14 heavy (non-hydrogen) atoms. The molecule has 78 valence electrons. The third kappa shape index (κ3) is 1.71. The highest BCUT2D eigenvalue weighted by Gasteiger charge is 2.24. The van der Waals surface area contributed by atoms with Crippen LogP contribution in [0.15, 0.2) is 0 Å². The average molecular weight is 210 g/mol. The molecule has 0 aliphatic heterocycles. The van der Waals surface area contributed by atoms with Gasteiger partial charge < -0.3 is 5.73 Å². The molecule has 0 fully saturated rings. The molecule has 1 heterocycles. The van der Waals surface area contributed by atoms with Crippen LogP contribution < -0.4 is 5.73 Å². The highest BCUT2D eigenvalue weighted by atomic mass is 32.1. The van der Waals surface area contributed by atoms with Crippen LogP contribution in [0.2, 0.25) is 0 Å². The van der Waals surface area contributed by atoms with Crippen molar-refractivity contribution in [3.63, 3.8) is 0 Å². The van der Waals surface area contributed by atoms with Gasteiger partial charge in [-0.2, -0.15) is 0 Å². The maximum absolute atomic E-state index is 5.77. The molecule has 2 nitrogen and oxygen atoms in total. The van der Waals surface area contributed by atoms with Gasteiger partial charge in [-0.05, 0) is 19.3 Å². The Balaban J connectivity index is 2.33. The number of aryl methyl sites for hydroxylation is 1. The molecule has 0 saturated heterocycles. The molecular weight excluding hydrogens is 192 g/mol. The number of rotatable bonds is 2. The largest absolute Gasteiger partial charge is 0.330 e. The smallest absolute Gasteiger partial charge is 0.0956 e. The van der Waals surface area contributed by atoms with E-state index in [0.29, 0.717) is 11.8 Å². The van der Waals surface area contributed by atoms with Gasteiger partial charge in [-0.15, -0.1) is 11.3 Å². The zero-order chi connectivity index (χ0) is 10.1. The van der Waals surface area contributed by atoms with E-state index in [4.69, 9.17) is 10.7 Å². The Kier molecular flexibility index (Phi) is 2.88. The fourth-order valence-electron chi connectivity index (χ4n) is 2.00. The average Bonchev–Trinajstić information content (AvgIpc) is 2.60. The summed E-state index contributed by atoms with van der Waals surface area (Å²) in [5, 5.41) is 1.29. The highest BCUT2D eigenvalue weighted by Crippen LogP contribution is 2.36. The molecule has 1 atom stereocenters. The summed E-state index contributed by atoms with van der Waals surface area (Å²) >= 11 is 1.90. The van der Waals surface area contributed by atoms with Crippen LogP contribution in [0.1, 0.15) is 54.1 Å². The molecule has 0 saturated carbocycles. The predicted molar refractivity (Wildman–Crippen MR) is 60.9 cm³/mol. The van der Waals surface area contributed by atoms with Gasteiger partial charge in [0.05, 0.1) is 10.7 Å². The summed E-state index contributed by atoms with van der Waals surface area (Å²) in [5.74, 6) is 1.09. The summed E-state index contributed by atoms with van der Waals surface area (Å²) < 4.78 is 0. The summed E-state index contributed by atoms with van der Waals surface area (Å²) in [6.45, 7) is 5.18. The van der Waals surface area contributed by atoms with E-state index in [9.17, 15) is 0 Å². The number of nitrogens with two attached hydrogens (primary N) is 1. The van der Waals surface area contributed by atoms with Crippen LogP contribution in [0.25, 0.3) is 0 Å². The molecule has 2 N–H and O–H groups in total. The van der Waals surface area contributed by atoms with Gasteiger partial charge in [0.1, 0.15) is 0 Å². The Morgan fingerprint density at radius 2 is 2.36 bits per heavy atom. The molecule has 1 aliphatic rings. The van der Waals surface area contributed by atoms with Crippen LogP contribution in [-0.2, 0) is 6.42 Å². The molecule has 1 unspecified atom stereocenters. The molecule has 0 aromatic carbocycles. The Morgan fingerprint density at radius 1 is 1.57 bits per heavy atom. The maximum atomic E-state index is 5.77. The fraction of sp³-hybridized carbons (Fsp3) is 0.727. The number of nitrogens with zero attached hydrogens (tertiary/aromatic N) is 1. The standard InChI is InChI=1S/C11H18N2S/c1-7(2)11-13-10-8(6-12)4-3-5-9(10)14-11/h7-8H,3-6,12H2,1-2H3. The molecule has 1 aliphatic carbocycles. The van der Waals surface area contributed by atoms with Crippen LogP contribution >= 0.6 is 11.3 Å². The zero-order valence-corrected chi connectivity index (χ0v) is 9.73. The second kappa shape index (κ2) is 3.99. The first-order chi connectivity index (χ1) is 6.72. The quantitative estimate of drug-likeness (QED) is 0.815. The molecule has 1 aromatic heterocycles. The summed E-state index contributed by atoms with van der Waals surface area (Å²) in [4.78, 5) is 6.24. The van der Waals surface area contributed by atoms with Crippen molar-refractivity contribution in [3.8, 4) is 0 Å². The van der Waals surface area contributed by atoms with Crippen LogP contribution in [0.4, 0.5) is 0 Å². The van der Waals surface area contributed by atoms with Crippen LogP contribution in [-0.4, -0.2) is 11.5 Å². The minimum atomic E-state index is 0.530. The molecule has 0 radical (unpaired) electrons. The van der Waals surface area contributed by atoms with Crippen molar-refractivity contribution < 1.29 is 0 Å². The van der Waals surface area contributed by atoms with E-state index in [-0.39, 0.29) is 0 Å². The van der Waals surface area contributed by atoms with Crippen LogP contribution in [0.3, 0.4) is 0 Å². The van der Waals surface area contributed by atoms with Crippen molar-refractivity contribution in [2.75, 3.05) is 6.54 Å². The van der Waals surface area contributed by atoms with Gasteiger partial charge in [0.2, 0.25) is 0 Å². The molecular formula is C11H18N2S. The summed E-state index contributed by atoms with van der Waals surface area (Å²) in [7, 11) is 0. The molecule has 0 bridgehead atoms. The molecule has 1 aromatic rings. The van der Waals surface area contributed by atoms with Crippen molar-refractivity contribution in [3.05, 3.63) is 15.6 Å². The van der Waals surface area contributed by atoms with E-state index in [1.54, 1.807) is 0 Å². The minimum absolute atomic E-state index is 0.530. The van der Waals surface area contributed by atoms with Gasteiger partial charge >= 0.3 is 0 Å². The normalized spacial score (nSPS) is 21.3. The lowest BCUT2D eigenvalue weighted by molar-refractivity contribution is 0.552. The lowest BCUT2D eigenvalue weighted by Crippen LogP contribution is -2.17. The van der Waals surface area contributed by atoms with Gasteiger partial charge in [-0.3, -0.25) is 0 Å². The molecule has 2 rings (SSSR count). The van der Waals surface area contributed by atoms with Gasteiger partial charge in [0.25, 0.3) is 0 Å². The molecule has 0 amide bonds. The van der Waals surface area contributed by atoms with Crippen molar-refractivity contribution >= 4 is 11.3 Å². The first-order valence-electron chi connectivity index (χ1n) is 5.42. The Morgan fingerprint density at radius 3 is 3.00 bits per heavy atom. The SMILES string of the molecule is CC(C)c1nc2c(s1)CCCC2CN. The van der Waals surface area contributed by atoms with E-state index in [1.165, 1.54) is 34.8 Å². The summed E-state index contributed by atoms with van der Waals surface area (Å²) in [6.07, 6.45) is 3.73. The lowest BCUT2D eigenvalue weighted by Gasteiger charge is -2.18. The van der Waals surface area contributed by atoms with E-state index < -0.39 is 0 Å². The van der Waals surface area contributed by atoms with Crippen LogP contribution in [0.5, 0.6) is 0 Å². The monoisotopic (exact) mass is 210 g/mol. The van der Waals surface area contributed by atoms with Gasteiger partial charge in [-0.25, -0.2) is 4.98 Å². The number of hydrogen-bond acceptors (Lipinski definition) is 3. The van der Waals surface area contributed by atoms with Gasteiger partial charge in [0.15, 0.2) is 0 Å². The van der Waals surface area contributed by atoms with Gasteiger partial charge in [-0.1, -0.05) is 13.8 Å². The second-order valence-electron chi connectivity index (χ2n) is 4.34. The summed E-state index contributed by atoms with van der Waals surface area (Å²) in [5.41, 5.74) is 7.08. The van der Waals surface area contributed by atoms with Crippen molar-refractivity contribution in [2.24, 2.45) is 5.73 Å². The topological polar surface area (TPSA) is 38.9 Å². The first-order valence-corrected chi connectivity index (χ1v) is 6.23. The third-order valence-corrected chi connectivity index (χ3v) is 4.30. The Labute approximate surface area is 89.5 Å². The summed E-state index contributed by atoms with van der Waals surface area (Å²) in [6, 6.07) is 0. The molecule has 0 spiro atoms. The second-order valence-corrected chi connectivity index (χ2v) is 5.46. The lowest BCUT2D eigenvalue weighted by atomic mass is 9.91. The maximum Gasteiger partial charge on any atom is 0.0956 e. The number of aromatic nitrogens is 1. The minimum Gasteiger partial charge on any atom is -0.330 e. The van der Waals surface area contributed by atoms with E-state index >= 15 is 0 Å². The van der Waals surface area contributed by atoms with Crippen LogP contribution in [0, 0.1) is 0 Å². The number of hydrogen-bond donors (Lipinski definition) is 1. The van der Waals surface area contributed by atoms with E-state index in [2.05, 4.69) is 13.8 Å².